The van der Waals surface area contributed by atoms with Gasteiger partial charge in [0.1, 0.15) is 5.75 Å². The quantitative estimate of drug-likeness (QED) is 0.545. The summed E-state index contributed by atoms with van der Waals surface area (Å²) >= 11 is 0. The van der Waals surface area contributed by atoms with Crippen LogP contribution in [0, 0.1) is 0 Å². The van der Waals surface area contributed by atoms with E-state index >= 15 is 0 Å². The fourth-order valence-electron chi connectivity index (χ4n) is 2.18. The summed E-state index contributed by atoms with van der Waals surface area (Å²) in [5.74, 6) is -0.961. The summed E-state index contributed by atoms with van der Waals surface area (Å²) in [4.78, 5) is 24.7. The highest BCUT2D eigenvalue weighted by molar-refractivity contribution is 7.92. The van der Waals surface area contributed by atoms with Gasteiger partial charge in [-0.05, 0) is 26.2 Å². The molecule has 0 aliphatic carbocycles. The second-order valence-corrected chi connectivity index (χ2v) is 8.49. The van der Waals surface area contributed by atoms with Gasteiger partial charge >= 0.3 is 0 Å². The third-order valence-electron chi connectivity index (χ3n) is 3.59. The maximum atomic E-state index is 11.9. The van der Waals surface area contributed by atoms with Crippen molar-refractivity contribution in [2.45, 2.75) is 64.8 Å². The number of amides is 2. The third kappa shape index (κ3) is 12.0. The molecule has 0 spiro atoms. The first kappa shape index (κ1) is 21.9. The maximum absolute atomic E-state index is 11.9. The number of nitrogens with zero attached hydrogens (tertiary/aromatic N) is 1. The molecule has 0 radical (unpaired) electrons. The number of hydrogen-bond donors (Lipinski definition) is 1. The summed E-state index contributed by atoms with van der Waals surface area (Å²) in [6.07, 6.45) is 5.39. The Morgan fingerprint density at radius 1 is 1.09 bits per heavy atom. The zero-order chi connectivity index (χ0) is 17.9. The molecule has 0 aromatic rings. The minimum atomic E-state index is -3.41. The Morgan fingerprint density at radius 2 is 1.74 bits per heavy atom. The second kappa shape index (κ2) is 11.4. The molecule has 23 heavy (non-hydrogen) atoms. The van der Waals surface area contributed by atoms with Gasteiger partial charge in [0.05, 0.1) is 5.75 Å². The van der Waals surface area contributed by atoms with Crippen molar-refractivity contribution in [3.63, 3.8) is 0 Å². The van der Waals surface area contributed by atoms with Gasteiger partial charge in [-0.15, -0.1) is 0 Å². The predicted octanol–water partition coefficient (Wildman–Crippen LogP) is 1.74. The fourth-order valence-corrected chi connectivity index (χ4v) is 3.45. The molecule has 0 saturated carbocycles. The van der Waals surface area contributed by atoms with Crippen molar-refractivity contribution in [1.82, 2.24) is 10.2 Å². The molecule has 0 fully saturated rings. The molecule has 0 bridgehead atoms. The van der Waals surface area contributed by atoms with E-state index in [1.807, 2.05) is 6.92 Å². The molecule has 2 amide bonds. The van der Waals surface area contributed by atoms with Gasteiger partial charge in [-0.2, -0.15) is 0 Å². The Hall–Kier alpha value is -1.11. The van der Waals surface area contributed by atoms with Crippen molar-refractivity contribution < 1.29 is 18.0 Å². The van der Waals surface area contributed by atoms with Crippen LogP contribution in [0.2, 0.25) is 0 Å². The van der Waals surface area contributed by atoms with Crippen LogP contribution in [0.3, 0.4) is 0 Å². The zero-order valence-corrected chi connectivity index (χ0v) is 15.7. The van der Waals surface area contributed by atoms with Crippen molar-refractivity contribution in [3.05, 3.63) is 0 Å². The molecule has 7 heteroatoms. The summed E-state index contributed by atoms with van der Waals surface area (Å²) in [7, 11) is -0.0633. The van der Waals surface area contributed by atoms with Crippen molar-refractivity contribution in [1.29, 1.82) is 0 Å². The van der Waals surface area contributed by atoms with Crippen molar-refractivity contribution in [3.8, 4) is 0 Å². The molecule has 136 valence electrons. The van der Waals surface area contributed by atoms with Crippen LogP contribution < -0.4 is 5.32 Å². The summed E-state index contributed by atoms with van der Waals surface area (Å²) < 4.78 is 23.8. The highest BCUT2D eigenvalue weighted by atomic mass is 32.2. The van der Waals surface area contributed by atoms with Crippen molar-refractivity contribution in [2.24, 2.45) is 0 Å². The van der Waals surface area contributed by atoms with E-state index in [0.29, 0.717) is 19.3 Å². The number of unbranched alkanes of at least 4 members (excludes halogenated alkanes) is 3. The Labute approximate surface area is 140 Å². The van der Waals surface area contributed by atoms with Gasteiger partial charge in [0.25, 0.3) is 0 Å². The highest BCUT2D eigenvalue weighted by Gasteiger charge is 2.18. The lowest BCUT2D eigenvalue weighted by atomic mass is 10.1. The number of carbonyl (C=O) groups excluding carboxylic acids is 2. The van der Waals surface area contributed by atoms with E-state index in [9.17, 15) is 18.0 Å². The lowest BCUT2D eigenvalue weighted by Crippen LogP contribution is -2.37. The average Bonchev–Trinajstić information content (AvgIpc) is 2.42. The Morgan fingerprint density at radius 3 is 2.30 bits per heavy atom. The van der Waals surface area contributed by atoms with Crippen LogP contribution in [0.15, 0.2) is 0 Å². The Kier molecular flexibility index (Phi) is 10.9. The van der Waals surface area contributed by atoms with E-state index in [1.165, 1.54) is 4.90 Å². The van der Waals surface area contributed by atoms with Crippen LogP contribution in [-0.2, 0) is 19.4 Å². The standard InChI is InChI=1S/C16H32N2O4S/c1-5-6-7-10-14(2)17-15(19)13-23(21,22)12-9-8-11-16(20)18(3)4/h14H,5-13H2,1-4H3,(H,17,19)/t14-/m0/s1. The first-order chi connectivity index (χ1) is 10.7. The van der Waals surface area contributed by atoms with E-state index in [2.05, 4.69) is 12.2 Å². The Balaban J connectivity index is 4.01. The van der Waals surface area contributed by atoms with Gasteiger partial charge in [0.15, 0.2) is 9.84 Å². The molecule has 6 nitrogen and oxygen atoms in total. The van der Waals surface area contributed by atoms with Crippen LogP contribution in [-0.4, -0.2) is 56.8 Å². The maximum Gasteiger partial charge on any atom is 0.235 e. The number of hydrogen-bond acceptors (Lipinski definition) is 4. The first-order valence-corrected chi connectivity index (χ1v) is 10.2. The smallest absolute Gasteiger partial charge is 0.235 e. The third-order valence-corrected chi connectivity index (χ3v) is 5.21. The van der Waals surface area contributed by atoms with Gasteiger partial charge in [-0.25, -0.2) is 8.42 Å². The molecule has 0 saturated heterocycles. The van der Waals surface area contributed by atoms with E-state index < -0.39 is 21.5 Å². The number of nitrogens with one attached hydrogen (secondary N) is 1. The molecule has 0 aliphatic rings. The number of carbonyl (C=O) groups is 2. The molecule has 0 aliphatic heterocycles. The molecule has 1 atom stereocenters. The van der Waals surface area contributed by atoms with E-state index in [-0.39, 0.29) is 17.7 Å². The predicted molar refractivity (Wildman–Crippen MR) is 92.9 cm³/mol. The van der Waals surface area contributed by atoms with E-state index in [0.717, 1.165) is 25.7 Å². The van der Waals surface area contributed by atoms with Gasteiger partial charge in [-0.1, -0.05) is 26.2 Å². The molecular weight excluding hydrogens is 316 g/mol. The summed E-state index contributed by atoms with van der Waals surface area (Å²) in [6, 6.07) is 0.00182. The average molecular weight is 349 g/mol. The van der Waals surface area contributed by atoms with Gasteiger partial charge in [0.2, 0.25) is 11.8 Å². The molecule has 1 N–H and O–H groups in total. The number of rotatable bonds is 12. The largest absolute Gasteiger partial charge is 0.353 e. The topological polar surface area (TPSA) is 83.5 Å². The van der Waals surface area contributed by atoms with Gasteiger partial charge < -0.3 is 10.2 Å². The zero-order valence-electron chi connectivity index (χ0n) is 14.9. The Bertz CT molecular complexity index is 461. The van der Waals surface area contributed by atoms with Crippen LogP contribution in [0.4, 0.5) is 0 Å². The lowest BCUT2D eigenvalue weighted by molar-refractivity contribution is -0.128. The summed E-state index contributed by atoms with van der Waals surface area (Å²) in [5, 5.41) is 2.74. The van der Waals surface area contributed by atoms with Crippen LogP contribution in [0.1, 0.15) is 58.8 Å². The van der Waals surface area contributed by atoms with Gasteiger partial charge in [0, 0.05) is 26.6 Å². The summed E-state index contributed by atoms with van der Waals surface area (Å²) in [5.41, 5.74) is 0. The second-order valence-electron chi connectivity index (χ2n) is 6.30. The highest BCUT2D eigenvalue weighted by Crippen LogP contribution is 2.05. The monoisotopic (exact) mass is 348 g/mol. The fraction of sp³-hybridized carbons (Fsp3) is 0.875. The van der Waals surface area contributed by atoms with Crippen LogP contribution in [0.25, 0.3) is 0 Å². The van der Waals surface area contributed by atoms with Crippen LogP contribution in [0.5, 0.6) is 0 Å². The van der Waals surface area contributed by atoms with E-state index in [1.54, 1.807) is 14.1 Å². The summed E-state index contributed by atoms with van der Waals surface area (Å²) in [6.45, 7) is 4.01. The minimum absolute atomic E-state index is 0.00182. The molecular formula is C16H32N2O4S. The van der Waals surface area contributed by atoms with Gasteiger partial charge in [-0.3, -0.25) is 9.59 Å². The normalized spacial score (nSPS) is 12.7. The first-order valence-electron chi connectivity index (χ1n) is 8.38. The minimum Gasteiger partial charge on any atom is -0.353 e. The lowest BCUT2D eigenvalue weighted by Gasteiger charge is -2.14. The molecule has 0 unspecified atom stereocenters. The molecule has 0 aromatic heterocycles. The van der Waals surface area contributed by atoms with Crippen LogP contribution >= 0.6 is 0 Å². The molecule has 0 rings (SSSR count). The van der Waals surface area contributed by atoms with Crippen molar-refractivity contribution >= 4 is 21.7 Å². The van der Waals surface area contributed by atoms with E-state index in [4.69, 9.17) is 0 Å². The molecule has 0 aromatic carbocycles. The van der Waals surface area contributed by atoms with Crippen molar-refractivity contribution in [2.75, 3.05) is 25.6 Å². The molecule has 0 heterocycles. The number of sulfone groups is 1. The SMILES string of the molecule is CCCCC[C@H](C)NC(=O)CS(=O)(=O)CCCCC(=O)N(C)C.